The first-order valence-electron chi connectivity index (χ1n) is 4.55. The number of amides is 1. The van der Waals surface area contributed by atoms with Crippen molar-refractivity contribution in [3.63, 3.8) is 0 Å². The number of nitrogens with zero attached hydrogens (tertiary/aromatic N) is 1. The van der Waals surface area contributed by atoms with Crippen LogP contribution in [0.3, 0.4) is 0 Å². The topological polar surface area (TPSA) is 96.4 Å². The summed E-state index contributed by atoms with van der Waals surface area (Å²) in [5.74, 6) is -1.54. The number of carboxylic acid groups (broad SMARTS) is 1. The summed E-state index contributed by atoms with van der Waals surface area (Å²) in [6, 6.07) is 0. The van der Waals surface area contributed by atoms with Gasteiger partial charge in [0.25, 0.3) is 0 Å². The van der Waals surface area contributed by atoms with Crippen LogP contribution in [-0.4, -0.2) is 39.3 Å². The molecule has 0 atom stereocenters. The summed E-state index contributed by atoms with van der Waals surface area (Å²) in [6.45, 7) is 1.39. The van der Waals surface area contributed by atoms with Gasteiger partial charge in [0.15, 0.2) is 10.9 Å². The number of anilines is 1. The predicted octanol–water partition coefficient (Wildman–Crippen LogP) is 1.10. The van der Waals surface area contributed by atoms with E-state index in [1.54, 1.807) is 5.38 Å². The molecule has 8 heteroatoms. The van der Waals surface area contributed by atoms with Crippen LogP contribution in [0.15, 0.2) is 5.38 Å². The number of aromatic nitrogens is 1. The third-order valence-electron chi connectivity index (χ3n) is 1.57. The van der Waals surface area contributed by atoms with E-state index < -0.39 is 5.97 Å². The zero-order chi connectivity index (χ0) is 12.8. The third-order valence-corrected chi connectivity index (χ3v) is 3.25. The van der Waals surface area contributed by atoms with E-state index >= 15 is 0 Å². The quantitative estimate of drug-likeness (QED) is 0.754. The number of thiazole rings is 1. The van der Waals surface area contributed by atoms with Crippen molar-refractivity contribution in [3.05, 3.63) is 11.1 Å². The molecule has 17 heavy (non-hydrogen) atoms. The molecule has 92 valence electrons. The molecule has 1 heterocycles. The lowest BCUT2D eigenvalue weighted by molar-refractivity contribution is -0.133. The molecule has 0 fully saturated rings. The van der Waals surface area contributed by atoms with Gasteiger partial charge in [-0.1, -0.05) is 0 Å². The Hall–Kier alpha value is -1.41. The van der Waals surface area contributed by atoms with E-state index in [-0.39, 0.29) is 23.2 Å². The maximum Gasteiger partial charge on any atom is 0.313 e. The molecule has 2 N–H and O–H groups in total. The Bertz CT molecular complexity index is 444. The number of hydrogen-bond acceptors (Lipinski definition) is 6. The SMILES string of the molecule is CC(=O)c1csc(NC(=O)CSCC(=O)O)n1. The van der Waals surface area contributed by atoms with Crippen molar-refractivity contribution in [2.24, 2.45) is 0 Å². The van der Waals surface area contributed by atoms with Crippen LogP contribution in [0.2, 0.25) is 0 Å². The number of Topliss-reactive ketones (excluding diaryl/α,β-unsaturated/α-hetero) is 1. The minimum atomic E-state index is -0.962. The second-order valence-corrected chi connectivity index (χ2v) is 4.87. The highest BCUT2D eigenvalue weighted by molar-refractivity contribution is 8.00. The number of hydrogen-bond donors (Lipinski definition) is 2. The smallest absolute Gasteiger partial charge is 0.313 e. The fraction of sp³-hybridized carbons (Fsp3) is 0.333. The van der Waals surface area contributed by atoms with Crippen molar-refractivity contribution < 1.29 is 19.5 Å². The second-order valence-electron chi connectivity index (χ2n) is 3.03. The molecule has 1 rings (SSSR count). The molecule has 0 radical (unpaired) electrons. The molecule has 0 saturated carbocycles. The van der Waals surface area contributed by atoms with Gasteiger partial charge >= 0.3 is 5.97 Å². The first-order valence-corrected chi connectivity index (χ1v) is 6.58. The highest BCUT2D eigenvalue weighted by atomic mass is 32.2. The summed E-state index contributed by atoms with van der Waals surface area (Å²) < 4.78 is 0. The van der Waals surface area contributed by atoms with Crippen LogP contribution in [0.1, 0.15) is 17.4 Å². The summed E-state index contributed by atoms with van der Waals surface area (Å²) >= 11 is 2.16. The van der Waals surface area contributed by atoms with Crippen LogP contribution >= 0.6 is 23.1 Å². The Labute approximate surface area is 105 Å². The summed E-state index contributed by atoms with van der Waals surface area (Å²) in [7, 11) is 0. The number of carbonyl (C=O) groups is 3. The van der Waals surface area contributed by atoms with E-state index in [1.807, 2.05) is 0 Å². The van der Waals surface area contributed by atoms with Crippen LogP contribution < -0.4 is 5.32 Å². The molecule has 6 nitrogen and oxygen atoms in total. The minimum Gasteiger partial charge on any atom is -0.481 e. The molecule has 0 spiro atoms. The number of carbonyl (C=O) groups excluding carboxylic acids is 2. The normalized spacial score (nSPS) is 9.94. The van der Waals surface area contributed by atoms with E-state index in [0.29, 0.717) is 10.8 Å². The average molecular weight is 274 g/mol. The van der Waals surface area contributed by atoms with E-state index in [4.69, 9.17) is 5.11 Å². The van der Waals surface area contributed by atoms with E-state index in [0.717, 1.165) is 23.1 Å². The Balaban J connectivity index is 2.39. The third kappa shape index (κ3) is 4.96. The Morgan fingerprint density at radius 3 is 2.71 bits per heavy atom. The molecule has 0 unspecified atom stereocenters. The zero-order valence-electron chi connectivity index (χ0n) is 8.93. The van der Waals surface area contributed by atoms with Crippen molar-refractivity contribution in [2.75, 3.05) is 16.8 Å². The summed E-state index contributed by atoms with van der Waals surface area (Å²) in [5, 5.41) is 12.8. The van der Waals surface area contributed by atoms with Gasteiger partial charge in [-0.25, -0.2) is 4.98 Å². The maximum absolute atomic E-state index is 11.3. The first-order chi connectivity index (χ1) is 7.99. The standard InChI is InChI=1S/C9H10N2O4S2/c1-5(12)6-2-17-9(10-6)11-7(13)3-16-4-8(14)15/h2H,3-4H2,1H3,(H,14,15)(H,10,11,13). The van der Waals surface area contributed by atoms with Crippen LogP contribution in [-0.2, 0) is 9.59 Å². The fourth-order valence-electron chi connectivity index (χ4n) is 0.879. The number of aliphatic carboxylic acids is 1. The molecule has 0 aliphatic heterocycles. The highest BCUT2D eigenvalue weighted by Gasteiger charge is 2.09. The Morgan fingerprint density at radius 1 is 1.47 bits per heavy atom. The lowest BCUT2D eigenvalue weighted by Gasteiger charge is -1.99. The lowest BCUT2D eigenvalue weighted by atomic mass is 10.4. The number of rotatable bonds is 6. The van der Waals surface area contributed by atoms with Crippen molar-refractivity contribution in [3.8, 4) is 0 Å². The van der Waals surface area contributed by atoms with Crippen molar-refractivity contribution in [2.45, 2.75) is 6.92 Å². The van der Waals surface area contributed by atoms with E-state index in [9.17, 15) is 14.4 Å². The summed E-state index contributed by atoms with van der Waals surface area (Å²) in [4.78, 5) is 36.4. The molecular weight excluding hydrogens is 264 g/mol. The van der Waals surface area contributed by atoms with E-state index in [2.05, 4.69) is 10.3 Å². The summed E-state index contributed by atoms with van der Waals surface area (Å²) in [6.07, 6.45) is 0. The van der Waals surface area contributed by atoms with Crippen LogP contribution in [0.4, 0.5) is 5.13 Å². The lowest BCUT2D eigenvalue weighted by Crippen LogP contribution is -2.15. The van der Waals surface area contributed by atoms with Crippen LogP contribution in [0.5, 0.6) is 0 Å². The van der Waals surface area contributed by atoms with Gasteiger partial charge in [0.1, 0.15) is 5.69 Å². The summed E-state index contributed by atoms with van der Waals surface area (Å²) in [5.41, 5.74) is 0.309. The highest BCUT2D eigenvalue weighted by Crippen LogP contribution is 2.16. The maximum atomic E-state index is 11.3. The molecule has 1 aromatic rings. The van der Waals surface area contributed by atoms with Gasteiger partial charge in [-0.3, -0.25) is 14.4 Å². The van der Waals surface area contributed by atoms with Gasteiger partial charge in [-0.15, -0.1) is 23.1 Å². The largest absolute Gasteiger partial charge is 0.481 e. The zero-order valence-corrected chi connectivity index (χ0v) is 10.6. The van der Waals surface area contributed by atoms with Gasteiger partial charge < -0.3 is 10.4 Å². The number of thioether (sulfide) groups is 1. The van der Waals surface area contributed by atoms with Crippen molar-refractivity contribution in [1.29, 1.82) is 0 Å². The monoisotopic (exact) mass is 274 g/mol. The number of carboxylic acids is 1. The molecule has 0 aliphatic carbocycles. The minimum absolute atomic E-state index is 0.0429. The van der Waals surface area contributed by atoms with Gasteiger partial charge in [0.2, 0.25) is 5.91 Å². The first kappa shape index (κ1) is 13.7. The molecule has 1 aromatic heterocycles. The van der Waals surface area contributed by atoms with Crippen LogP contribution in [0.25, 0.3) is 0 Å². The van der Waals surface area contributed by atoms with Gasteiger partial charge in [-0.05, 0) is 0 Å². The van der Waals surface area contributed by atoms with E-state index in [1.165, 1.54) is 6.92 Å². The molecule has 0 aromatic carbocycles. The molecular formula is C9H10N2O4S2. The van der Waals surface area contributed by atoms with Crippen molar-refractivity contribution in [1.82, 2.24) is 4.98 Å². The second kappa shape index (κ2) is 6.36. The molecule has 0 bridgehead atoms. The molecule has 0 aliphatic rings. The van der Waals surface area contributed by atoms with Gasteiger partial charge in [-0.2, -0.15) is 0 Å². The predicted molar refractivity (Wildman–Crippen MR) is 65.7 cm³/mol. The Kier molecular flexibility index (Phi) is 5.11. The molecule has 0 saturated heterocycles. The number of ketones is 1. The van der Waals surface area contributed by atoms with Crippen molar-refractivity contribution >= 4 is 45.9 Å². The average Bonchev–Trinajstić information content (AvgIpc) is 2.65. The van der Waals surface area contributed by atoms with Gasteiger partial charge in [0, 0.05) is 12.3 Å². The van der Waals surface area contributed by atoms with Crippen LogP contribution in [0, 0.1) is 0 Å². The Morgan fingerprint density at radius 2 is 2.18 bits per heavy atom. The number of nitrogens with one attached hydrogen (secondary N) is 1. The molecule has 1 amide bonds. The fourth-order valence-corrected chi connectivity index (χ4v) is 2.18. The van der Waals surface area contributed by atoms with Gasteiger partial charge in [0.05, 0.1) is 11.5 Å².